The first kappa shape index (κ1) is 14.3. The minimum atomic E-state index is 0.0400. The fourth-order valence-corrected chi connectivity index (χ4v) is 3.94. The van der Waals surface area contributed by atoms with Crippen molar-refractivity contribution in [2.24, 2.45) is 0 Å². The molecule has 3 rings (SSSR count). The smallest absolute Gasteiger partial charge is 0.230 e. The van der Waals surface area contributed by atoms with Gasteiger partial charge in [-0.2, -0.15) is 0 Å². The Balaban J connectivity index is 1.50. The van der Waals surface area contributed by atoms with Gasteiger partial charge in [-0.25, -0.2) is 0 Å². The Bertz CT molecular complexity index is 643. The molecule has 7 heteroatoms. The molecule has 0 unspecified atom stereocenters. The zero-order valence-electron chi connectivity index (χ0n) is 11.4. The van der Waals surface area contributed by atoms with Gasteiger partial charge in [0.15, 0.2) is 4.34 Å². The number of carbonyl (C=O) groups excluding carboxylic acids is 1. The number of anilines is 1. The molecule has 1 atom stereocenters. The van der Waals surface area contributed by atoms with Crippen LogP contribution in [0.1, 0.15) is 17.5 Å². The Kier molecular flexibility index (Phi) is 4.40. The Morgan fingerprint density at radius 2 is 2.19 bits per heavy atom. The van der Waals surface area contributed by atoms with Crippen molar-refractivity contribution in [3.8, 4) is 0 Å². The average Bonchev–Trinajstić information content (AvgIpc) is 2.91. The second kappa shape index (κ2) is 6.44. The summed E-state index contributed by atoms with van der Waals surface area (Å²) in [7, 11) is 0. The van der Waals surface area contributed by atoms with Crippen LogP contribution in [-0.4, -0.2) is 27.9 Å². The number of thioether (sulfide) groups is 1. The lowest BCUT2D eigenvalue weighted by Crippen LogP contribution is -2.39. The number of hydrogen-bond donors (Lipinski definition) is 2. The molecular weight excluding hydrogens is 304 g/mol. The number of nitrogens with two attached hydrogens (primary N) is 1. The highest BCUT2D eigenvalue weighted by Gasteiger charge is 2.19. The summed E-state index contributed by atoms with van der Waals surface area (Å²) in [5.41, 5.74) is 8.26. The van der Waals surface area contributed by atoms with Gasteiger partial charge in [-0.05, 0) is 30.4 Å². The van der Waals surface area contributed by atoms with Gasteiger partial charge in [0.25, 0.3) is 0 Å². The van der Waals surface area contributed by atoms with E-state index in [1.165, 1.54) is 34.2 Å². The third-order valence-electron chi connectivity index (χ3n) is 3.46. The molecule has 0 aliphatic heterocycles. The molecule has 2 aromatic rings. The third-order valence-corrected chi connectivity index (χ3v) is 5.35. The Hall–Kier alpha value is -1.60. The van der Waals surface area contributed by atoms with Crippen molar-refractivity contribution >= 4 is 34.1 Å². The van der Waals surface area contributed by atoms with E-state index < -0.39 is 0 Å². The predicted octanol–water partition coefficient (Wildman–Crippen LogP) is 1.89. The number of nitrogen functional groups attached to an aromatic ring is 1. The molecule has 0 spiro atoms. The number of aryl methyl sites for hydroxylation is 1. The number of amides is 1. The first-order chi connectivity index (χ1) is 10.2. The fraction of sp³-hybridized carbons (Fsp3) is 0.357. The molecule has 1 amide bonds. The quantitative estimate of drug-likeness (QED) is 0.841. The van der Waals surface area contributed by atoms with Crippen molar-refractivity contribution in [1.82, 2.24) is 15.5 Å². The molecule has 21 heavy (non-hydrogen) atoms. The van der Waals surface area contributed by atoms with Crippen LogP contribution in [0.25, 0.3) is 0 Å². The molecule has 0 bridgehead atoms. The van der Waals surface area contributed by atoms with Crippen LogP contribution in [0.3, 0.4) is 0 Å². The van der Waals surface area contributed by atoms with Crippen LogP contribution < -0.4 is 11.1 Å². The van der Waals surface area contributed by atoms with Gasteiger partial charge >= 0.3 is 0 Å². The summed E-state index contributed by atoms with van der Waals surface area (Å²) in [6, 6.07) is 8.67. The molecule has 1 heterocycles. The van der Waals surface area contributed by atoms with E-state index in [0.29, 0.717) is 10.9 Å². The second-order valence-electron chi connectivity index (χ2n) is 4.97. The predicted molar refractivity (Wildman–Crippen MR) is 85.4 cm³/mol. The molecule has 5 nitrogen and oxygen atoms in total. The van der Waals surface area contributed by atoms with Crippen molar-refractivity contribution in [3.05, 3.63) is 35.4 Å². The summed E-state index contributed by atoms with van der Waals surface area (Å²) in [5.74, 6) is 0.394. The summed E-state index contributed by atoms with van der Waals surface area (Å²) in [6.45, 7) is 0. The van der Waals surface area contributed by atoms with Gasteiger partial charge in [-0.15, -0.1) is 10.2 Å². The minimum absolute atomic E-state index is 0.0400. The normalized spacial score (nSPS) is 17.2. The molecule has 1 aliphatic carbocycles. The molecule has 110 valence electrons. The number of benzene rings is 1. The molecule has 0 fully saturated rings. The highest BCUT2D eigenvalue weighted by atomic mass is 32.2. The largest absolute Gasteiger partial charge is 0.374 e. The van der Waals surface area contributed by atoms with Gasteiger partial charge in [0, 0.05) is 6.04 Å². The van der Waals surface area contributed by atoms with Crippen molar-refractivity contribution in [2.75, 3.05) is 11.5 Å². The van der Waals surface area contributed by atoms with Crippen LogP contribution in [0, 0.1) is 0 Å². The SMILES string of the molecule is Nc1nnc(SCC(=O)N[C@@H]2CCc3ccccc3C2)s1. The number of fused-ring (bicyclic) bond motifs is 1. The highest BCUT2D eigenvalue weighted by molar-refractivity contribution is 8.01. The Labute approximate surface area is 131 Å². The molecule has 0 radical (unpaired) electrons. The number of nitrogens with one attached hydrogen (secondary N) is 1. The Morgan fingerprint density at radius 3 is 2.95 bits per heavy atom. The van der Waals surface area contributed by atoms with E-state index in [4.69, 9.17) is 5.73 Å². The number of aromatic nitrogens is 2. The van der Waals surface area contributed by atoms with Crippen LogP contribution in [0.15, 0.2) is 28.6 Å². The van der Waals surface area contributed by atoms with Crippen molar-refractivity contribution in [1.29, 1.82) is 0 Å². The summed E-state index contributed by atoms with van der Waals surface area (Å²) in [4.78, 5) is 12.0. The molecule has 1 aromatic heterocycles. The van der Waals surface area contributed by atoms with Crippen molar-refractivity contribution in [2.45, 2.75) is 29.6 Å². The van der Waals surface area contributed by atoms with E-state index in [9.17, 15) is 4.79 Å². The van der Waals surface area contributed by atoms with Gasteiger partial charge in [0.05, 0.1) is 5.75 Å². The van der Waals surface area contributed by atoms with Gasteiger partial charge in [0.2, 0.25) is 11.0 Å². The molecule has 1 aliphatic rings. The van der Waals surface area contributed by atoms with Crippen LogP contribution in [0.2, 0.25) is 0 Å². The second-order valence-corrected chi connectivity index (χ2v) is 7.20. The van der Waals surface area contributed by atoms with Gasteiger partial charge in [-0.3, -0.25) is 4.79 Å². The number of nitrogens with zero attached hydrogens (tertiary/aromatic N) is 2. The average molecular weight is 320 g/mol. The van der Waals surface area contributed by atoms with Gasteiger partial charge in [0.1, 0.15) is 0 Å². The van der Waals surface area contributed by atoms with E-state index in [2.05, 4.69) is 39.8 Å². The van der Waals surface area contributed by atoms with E-state index in [1.54, 1.807) is 0 Å². The van der Waals surface area contributed by atoms with Crippen molar-refractivity contribution < 1.29 is 4.79 Å². The number of hydrogen-bond acceptors (Lipinski definition) is 6. The van der Waals surface area contributed by atoms with Crippen molar-refractivity contribution in [3.63, 3.8) is 0 Å². The van der Waals surface area contributed by atoms with Gasteiger partial charge in [-0.1, -0.05) is 47.4 Å². The zero-order chi connectivity index (χ0) is 14.7. The molecule has 0 saturated heterocycles. The van der Waals surface area contributed by atoms with E-state index >= 15 is 0 Å². The molecule has 3 N–H and O–H groups in total. The standard InChI is InChI=1S/C14H16N4OS2/c15-13-17-18-14(21-13)20-8-12(19)16-11-6-5-9-3-1-2-4-10(9)7-11/h1-4,11H,5-8H2,(H2,15,17)(H,16,19)/t11-/m1/s1. The van der Waals surface area contributed by atoms with Crippen LogP contribution in [0.5, 0.6) is 0 Å². The lowest BCUT2D eigenvalue weighted by Gasteiger charge is -2.25. The maximum Gasteiger partial charge on any atom is 0.230 e. The summed E-state index contributed by atoms with van der Waals surface area (Å²) >= 11 is 2.68. The Morgan fingerprint density at radius 1 is 1.38 bits per heavy atom. The zero-order valence-corrected chi connectivity index (χ0v) is 13.0. The summed E-state index contributed by atoms with van der Waals surface area (Å²) in [5, 5.41) is 11.2. The molecule has 0 saturated carbocycles. The maximum atomic E-state index is 12.0. The van der Waals surface area contributed by atoms with E-state index in [0.717, 1.165) is 23.6 Å². The lowest BCUT2D eigenvalue weighted by atomic mass is 9.88. The lowest BCUT2D eigenvalue weighted by molar-refractivity contribution is -0.119. The minimum Gasteiger partial charge on any atom is -0.374 e. The number of rotatable bonds is 4. The monoisotopic (exact) mass is 320 g/mol. The highest BCUT2D eigenvalue weighted by Crippen LogP contribution is 2.24. The fourth-order valence-electron chi connectivity index (χ4n) is 2.50. The van der Waals surface area contributed by atoms with E-state index in [-0.39, 0.29) is 11.9 Å². The van der Waals surface area contributed by atoms with E-state index in [1.807, 2.05) is 0 Å². The van der Waals surface area contributed by atoms with Gasteiger partial charge < -0.3 is 11.1 Å². The summed E-state index contributed by atoms with van der Waals surface area (Å²) in [6.07, 6.45) is 2.94. The topological polar surface area (TPSA) is 80.9 Å². The molecule has 1 aromatic carbocycles. The number of carbonyl (C=O) groups is 1. The van der Waals surface area contributed by atoms with Crippen LogP contribution in [0.4, 0.5) is 5.13 Å². The summed E-state index contributed by atoms with van der Waals surface area (Å²) < 4.78 is 0.733. The van der Waals surface area contributed by atoms with Crippen LogP contribution in [-0.2, 0) is 17.6 Å². The first-order valence-electron chi connectivity index (χ1n) is 6.78. The first-order valence-corrected chi connectivity index (χ1v) is 8.59. The van der Waals surface area contributed by atoms with Crippen LogP contribution >= 0.6 is 23.1 Å². The molecular formula is C14H16N4OS2. The maximum absolute atomic E-state index is 12.0. The third kappa shape index (κ3) is 3.74.